The summed E-state index contributed by atoms with van der Waals surface area (Å²) in [5.74, 6) is -0.523. The summed E-state index contributed by atoms with van der Waals surface area (Å²) in [6.07, 6.45) is 0.635. The van der Waals surface area contributed by atoms with Crippen LogP contribution in [0.25, 0.3) is 0 Å². The maximum absolute atomic E-state index is 13.6. The third-order valence-electron chi connectivity index (χ3n) is 4.14. The molecule has 4 nitrogen and oxygen atoms in total. The first kappa shape index (κ1) is 19.6. The van der Waals surface area contributed by atoms with Crippen LogP contribution in [0, 0.1) is 19.7 Å². The van der Waals surface area contributed by atoms with Gasteiger partial charge in [-0.3, -0.25) is 9.59 Å². The molecular formula is C21H25FN2O2. The molecule has 1 N–H and O–H groups in total. The number of aryl methyl sites for hydroxylation is 2. The average molecular weight is 356 g/mol. The first-order valence-corrected chi connectivity index (χ1v) is 8.73. The number of anilines is 1. The lowest BCUT2D eigenvalue weighted by molar-refractivity contribution is -0.121. The second kappa shape index (κ2) is 9.13. The number of rotatable bonds is 7. The van der Waals surface area contributed by atoms with Crippen molar-refractivity contribution in [2.45, 2.75) is 33.6 Å². The van der Waals surface area contributed by atoms with Crippen LogP contribution in [0.5, 0.6) is 0 Å². The van der Waals surface area contributed by atoms with E-state index in [9.17, 15) is 14.0 Å². The molecule has 2 aromatic carbocycles. The van der Waals surface area contributed by atoms with Gasteiger partial charge in [0.25, 0.3) is 0 Å². The third kappa shape index (κ3) is 5.69. The second-order valence-electron chi connectivity index (χ2n) is 6.46. The fourth-order valence-corrected chi connectivity index (χ4v) is 2.91. The Labute approximate surface area is 154 Å². The van der Waals surface area contributed by atoms with Gasteiger partial charge in [-0.1, -0.05) is 24.3 Å². The van der Waals surface area contributed by atoms with E-state index in [4.69, 9.17) is 0 Å². The van der Waals surface area contributed by atoms with Crippen molar-refractivity contribution in [1.82, 2.24) is 5.32 Å². The molecule has 138 valence electrons. The van der Waals surface area contributed by atoms with Gasteiger partial charge < -0.3 is 10.2 Å². The van der Waals surface area contributed by atoms with Crippen molar-refractivity contribution >= 4 is 17.5 Å². The number of nitrogens with zero attached hydrogens (tertiary/aromatic N) is 1. The van der Waals surface area contributed by atoms with E-state index in [1.165, 1.54) is 13.0 Å². The van der Waals surface area contributed by atoms with Gasteiger partial charge in [-0.05, 0) is 55.2 Å². The van der Waals surface area contributed by atoms with Crippen LogP contribution in [0.3, 0.4) is 0 Å². The molecule has 0 atom stereocenters. The van der Waals surface area contributed by atoms with Gasteiger partial charge in [0, 0.05) is 32.1 Å². The molecule has 0 saturated carbocycles. The first-order chi connectivity index (χ1) is 12.4. The van der Waals surface area contributed by atoms with Gasteiger partial charge in [-0.25, -0.2) is 4.39 Å². The highest BCUT2D eigenvalue weighted by Crippen LogP contribution is 2.19. The Morgan fingerprint density at radius 3 is 2.35 bits per heavy atom. The highest BCUT2D eigenvalue weighted by atomic mass is 19.1. The van der Waals surface area contributed by atoms with Crippen molar-refractivity contribution < 1.29 is 14.0 Å². The number of carbonyl (C=O) groups excluding carboxylic acids is 2. The number of hydrogen-bond acceptors (Lipinski definition) is 2. The Hall–Kier alpha value is -2.69. The fraction of sp³-hybridized carbons (Fsp3) is 0.333. The zero-order valence-corrected chi connectivity index (χ0v) is 15.5. The van der Waals surface area contributed by atoms with E-state index < -0.39 is 0 Å². The summed E-state index contributed by atoms with van der Waals surface area (Å²) in [6.45, 7) is 6.12. The fourth-order valence-electron chi connectivity index (χ4n) is 2.91. The third-order valence-corrected chi connectivity index (χ3v) is 4.14. The zero-order valence-electron chi connectivity index (χ0n) is 15.5. The van der Waals surface area contributed by atoms with E-state index in [2.05, 4.69) is 5.32 Å². The van der Waals surface area contributed by atoms with Gasteiger partial charge in [0.1, 0.15) is 5.82 Å². The Bertz CT molecular complexity index is 769. The van der Waals surface area contributed by atoms with Crippen LogP contribution in [0.15, 0.2) is 42.5 Å². The lowest BCUT2D eigenvalue weighted by atomic mass is 10.1. The highest BCUT2D eigenvalue weighted by molar-refractivity contribution is 5.92. The summed E-state index contributed by atoms with van der Waals surface area (Å²) in [7, 11) is 0. The molecule has 0 radical (unpaired) electrons. The summed E-state index contributed by atoms with van der Waals surface area (Å²) in [6, 6.07) is 12.4. The van der Waals surface area contributed by atoms with Crippen LogP contribution in [0.1, 0.15) is 30.0 Å². The molecule has 2 aromatic rings. The van der Waals surface area contributed by atoms with E-state index in [1.54, 1.807) is 23.1 Å². The van der Waals surface area contributed by atoms with Crippen molar-refractivity contribution in [3.63, 3.8) is 0 Å². The Morgan fingerprint density at radius 2 is 1.73 bits per heavy atom. The summed E-state index contributed by atoms with van der Waals surface area (Å²) in [5.41, 5.74) is 3.52. The first-order valence-electron chi connectivity index (χ1n) is 8.73. The predicted molar refractivity (Wildman–Crippen MR) is 102 cm³/mol. The van der Waals surface area contributed by atoms with Gasteiger partial charge in [0.2, 0.25) is 11.8 Å². The maximum Gasteiger partial charge on any atom is 0.223 e. The molecule has 0 spiro atoms. The molecule has 0 unspecified atom stereocenters. The van der Waals surface area contributed by atoms with Gasteiger partial charge in [0.15, 0.2) is 0 Å². The normalized spacial score (nSPS) is 10.5. The predicted octanol–water partition coefficient (Wildman–Crippen LogP) is 3.54. The molecule has 0 heterocycles. The lowest BCUT2D eigenvalue weighted by Crippen LogP contribution is -2.34. The summed E-state index contributed by atoms with van der Waals surface area (Å²) in [4.78, 5) is 25.6. The highest BCUT2D eigenvalue weighted by Gasteiger charge is 2.14. The number of hydrogen-bond donors (Lipinski definition) is 1. The van der Waals surface area contributed by atoms with E-state index in [0.29, 0.717) is 25.1 Å². The molecule has 26 heavy (non-hydrogen) atoms. The van der Waals surface area contributed by atoms with Crippen LogP contribution in [-0.4, -0.2) is 24.9 Å². The number of carbonyl (C=O) groups is 2. The molecule has 0 saturated heterocycles. The van der Waals surface area contributed by atoms with E-state index >= 15 is 0 Å². The van der Waals surface area contributed by atoms with Gasteiger partial charge in [-0.15, -0.1) is 0 Å². The molecule has 0 fully saturated rings. The van der Waals surface area contributed by atoms with Gasteiger partial charge >= 0.3 is 0 Å². The van der Waals surface area contributed by atoms with Crippen LogP contribution in [0.2, 0.25) is 0 Å². The number of nitrogens with one attached hydrogen (secondary N) is 1. The molecule has 2 rings (SSSR count). The molecule has 0 bridgehead atoms. The second-order valence-corrected chi connectivity index (χ2v) is 6.46. The molecular weight excluding hydrogens is 331 g/mol. The van der Waals surface area contributed by atoms with Crippen LogP contribution >= 0.6 is 0 Å². The van der Waals surface area contributed by atoms with Crippen molar-refractivity contribution in [3.8, 4) is 0 Å². The molecule has 0 aliphatic carbocycles. The lowest BCUT2D eigenvalue weighted by Gasteiger charge is -2.22. The summed E-state index contributed by atoms with van der Waals surface area (Å²) in [5, 5.41) is 2.78. The number of benzene rings is 2. The maximum atomic E-state index is 13.6. The minimum atomic E-state index is -0.265. The van der Waals surface area contributed by atoms with E-state index in [1.807, 2.05) is 32.0 Å². The van der Waals surface area contributed by atoms with Crippen molar-refractivity contribution in [2.75, 3.05) is 18.0 Å². The quantitative estimate of drug-likeness (QED) is 0.825. The average Bonchev–Trinajstić information content (AvgIpc) is 2.55. The van der Waals surface area contributed by atoms with Crippen LogP contribution in [0.4, 0.5) is 10.1 Å². The van der Waals surface area contributed by atoms with Gasteiger partial charge in [0.05, 0.1) is 0 Å². The van der Waals surface area contributed by atoms with Crippen molar-refractivity contribution in [1.29, 1.82) is 0 Å². The minimum absolute atomic E-state index is 0.103. The molecule has 0 aliphatic heterocycles. The molecule has 0 aromatic heterocycles. The molecule has 0 aliphatic rings. The number of halogens is 1. The summed E-state index contributed by atoms with van der Waals surface area (Å²) >= 11 is 0. The molecule has 5 heteroatoms. The monoisotopic (exact) mass is 356 g/mol. The topological polar surface area (TPSA) is 49.4 Å². The zero-order chi connectivity index (χ0) is 19.1. The SMILES string of the molecule is CC(=O)N(CCC(=O)NCCc1ccccc1F)c1cc(C)cc(C)c1. The van der Waals surface area contributed by atoms with Crippen molar-refractivity contribution in [2.24, 2.45) is 0 Å². The standard InChI is InChI=1S/C21H25FN2O2/c1-15-12-16(2)14-19(13-15)24(17(3)25)11-9-21(26)23-10-8-18-6-4-5-7-20(18)22/h4-7,12-14H,8-11H2,1-3H3,(H,23,26). The Morgan fingerprint density at radius 1 is 1.08 bits per heavy atom. The largest absolute Gasteiger partial charge is 0.356 e. The summed E-state index contributed by atoms with van der Waals surface area (Å²) < 4.78 is 13.6. The van der Waals surface area contributed by atoms with Crippen LogP contribution in [-0.2, 0) is 16.0 Å². The molecule has 2 amide bonds. The van der Waals surface area contributed by atoms with E-state index in [-0.39, 0.29) is 24.1 Å². The number of amides is 2. The smallest absolute Gasteiger partial charge is 0.223 e. The minimum Gasteiger partial charge on any atom is -0.356 e. The Kier molecular flexibility index (Phi) is 6.89. The van der Waals surface area contributed by atoms with Gasteiger partial charge in [-0.2, -0.15) is 0 Å². The van der Waals surface area contributed by atoms with Crippen molar-refractivity contribution in [3.05, 3.63) is 65.0 Å². The van der Waals surface area contributed by atoms with Crippen LogP contribution < -0.4 is 10.2 Å². The Balaban J connectivity index is 1.87. The van der Waals surface area contributed by atoms with E-state index in [0.717, 1.165) is 16.8 Å².